The van der Waals surface area contributed by atoms with Crippen LogP contribution in [0, 0.1) is 0 Å². The number of pyridine rings is 2. The topological polar surface area (TPSA) is 86.1 Å². The van der Waals surface area contributed by atoms with Gasteiger partial charge in [0.25, 0.3) is 0 Å². The van der Waals surface area contributed by atoms with Crippen molar-refractivity contribution in [1.82, 2.24) is 29.6 Å². The average Bonchev–Trinajstić information content (AvgIpc) is 3.56. The SMILES string of the molecule is CC(O)CN1CCN(c2ccc(-c3cnc4[nH]cc(-c5cnn(Cc6ccccc6)c5)c4c3)cn2)CC1. The van der Waals surface area contributed by atoms with Gasteiger partial charge in [-0.15, -0.1) is 0 Å². The Bertz CT molecular complexity index is 1470. The Hall–Kier alpha value is -4.01. The first-order chi connectivity index (χ1) is 18.1. The zero-order valence-electron chi connectivity index (χ0n) is 21.0. The predicted octanol–water partition coefficient (Wildman–Crippen LogP) is 4.04. The van der Waals surface area contributed by atoms with Crippen LogP contribution in [0.1, 0.15) is 12.5 Å². The van der Waals surface area contributed by atoms with Crippen LogP contribution in [0.25, 0.3) is 33.3 Å². The molecule has 0 spiro atoms. The minimum Gasteiger partial charge on any atom is -0.392 e. The zero-order chi connectivity index (χ0) is 25.2. The molecular weight excluding hydrogens is 462 g/mol. The lowest BCUT2D eigenvalue weighted by Gasteiger charge is -2.35. The van der Waals surface area contributed by atoms with Gasteiger partial charge in [-0.3, -0.25) is 9.58 Å². The molecule has 188 valence electrons. The second kappa shape index (κ2) is 10.2. The molecule has 1 aliphatic heterocycles. The summed E-state index contributed by atoms with van der Waals surface area (Å²) in [7, 11) is 0. The van der Waals surface area contributed by atoms with E-state index >= 15 is 0 Å². The summed E-state index contributed by atoms with van der Waals surface area (Å²) in [6, 6.07) is 16.7. The van der Waals surface area contributed by atoms with Crippen LogP contribution in [-0.4, -0.2) is 73.6 Å². The molecule has 1 aliphatic rings. The Labute approximate surface area is 216 Å². The summed E-state index contributed by atoms with van der Waals surface area (Å²) < 4.78 is 1.97. The molecule has 0 amide bonds. The van der Waals surface area contributed by atoms with E-state index in [-0.39, 0.29) is 6.10 Å². The number of H-pyrrole nitrogens is 1. The summed E-state index contributed by atoms with van der Waals surface area (Å²) in [5.41, 5.74) is 6.29. The Kier molecular flexibility index (Phi) is 6.42. The number of rotatable bonds is 7. The van der Waals surface area contributed by atoms with Crippen LogP contribution in [0.15, 0.2) is 79.5 Å². The fraction of sp³-hybridized carbons (Fsp3) is 0.276. The Morgan fingerprint density at radius 2 is 1.73 bits per heavy atom. The van der Waals surface area contributed by atoms with Crippen molar-refractivity contribution in [3.05, 3.63) is 85.1 Å². The van der Waals surface area contributed by atoms with Gasteiger partial charge in [-0.2, -0.15) is 5.10 Å². The van der Waals surface area contributed by atoms with Crippen molar-refractivity contribution in [2.75, 3.05) is 37.6 Å². The van der Waals surface area contributed by atoms with Gasteiger partial charge in [0.05, 0.1) is 18.8 Å². The number of hydrogen-bond donors (Lipinski definition) is 2. The van der Waals surface area contributed by atoms with Gasteiger partial charge in [0.2, 0.25) is 0 Å². The lowest BCUT2D eigenvalue weighted by atomic mass is 10.1. The molecule has 1 atom stereocenters. The highest BCUT2D eigenvalue weighted by Gasteiger charge is 2.19. The van der Waals surface area contributed by atoms with E-state index in [1.807, 2.05) is 54.6 Å². The molecule has 0 saturated carbocycles. The van der Waals surface area contributed by atoms with Crippen LogP contribution in [0.4, 0.5) is 5.82 Å². The maximum atomic E-state index is 9.64. The van der Waals surface area contributed by atoms with Crippen molar-refractivity contribution in [1.29, 1.82) is 0 Å². The summed E-state index contributed by atoms with van der Waals surface area (Å²) in [5.74, 6) is 0.989. The van der Waals surface area contributed by atoms with E-state index in [0.717, 1.165) is 78.4 Å². The van der Waals surface area contributed by atoms with Gasteiger partial charge in [0.15, 0.2) is 0 Å². The summed E-state index contributed by atoms with van der Waals surface area (Å²) in [6.07, 6.45) is 9.54. The number of hydrogen-bond acceptors (Lipinski definition) is 6. The molecule has 1 fully saturated rings. The molecule has 1 unspecified atom stereocenters. The molecule has 5 heterocycles. The first-order valence-electron chi connectivity index (χ1n) is 12.8. The number of aliphatic hydroxyl groups is 1. The number of β-amino-alcohol motifs (C(OH)–C–C–N with tert-alkyl or cyclic N) is 1. The van der Waals surface area contributed by atoms with Crippen LogP contribution >= 0.6 is 0 Å². The van der Waals surface area contributed by atoms with Crippen LogP contribution in [-0.2, 0) is 6.54 Å². The molecule has 6 rings (SSSR count). The second-order valence-corrected chi connectivity index (χ2v) is 9.78. The van der Waals surface area contributed by atoms with E-state index in [9.17, 15) is 5.11 Å². The van der Waals surface area contributed by atoms with Gasteiger partial charge in [0.1, 0.15) is 11.5 Å². The van der Waals surface area contributed by atoms with E-state index in [0.29, 0.717) is 0 Å². The lowest BCUT2D eigenvalue weighted by Crippen LogP contribution is -2.48. The smallest absolute Gasteiger partial charge is 0.137 e. The summed E-state index contributed by atoms with van der Waals surface area (Å²) in [5, 5.41) is 15.3. The molecule has 1 aromatic carbocycles. The summed E-state index contributed by atoms with van der Waals surface area (Å²) >= 11 is 0. The molecule has 0 radical (unpaired) electrons. The van der Waals surface area contributed by atoms with Gasteiger partial charge < -0.3 is 15.0 Å². The third-order valence-electron chi connectivity index (χ3n) is 6.96. The first kappa shape index (κ1) is 23.4. The third-order valence-corrected chi connectivity index (χ3v) is 6.96. The fourth-order valence-electron chi connectivity index (χ4n) is 5.04. The lowest BCUT2D eigenvalue weighted by molar-refractivity contribution is 0.122. The minimum absolute atomic E-state index is 0.291. The molecule has 5 aromatic rings. The molecule has 0 bridgehead atoms. The average molecular weight is 494 g/mol. The molecule has 0 aliphatic carbocycles. The highest BCUT2D eigenvalue weighted by Crippen LogP contribution is 2.31. The van der Waals surface area contributed by atoms with Crippen LogP contribution < -0.4 is 4.90 Å². The maximum absolute atomic E-state index is 9.64. The number of fused-ring (bicyclic) bond motifs is 1. The van der Waals surface area contributed by atoms with Crippen molar-refractivity contribution >= 4 is 16.9 Å². The third kappa shape index (κ3) is 5.12. The molecule has 8 heteroatoms. The maximum Gasteiger partial charge on any atom is 0.137 e. The Balaban J connectivity index is 1.19. The van der Waals surface area contributed by atoms with E-state index in [2.05, 4.69) is 61.4 Å². The van der Waals surface area contributed by atoms with Gasteiger partial charge in [-0.1, -0.05) is 30.3 Å². The first-order valence-corrected chi connectivity index (χ1v) is 12.8. The Morgan fingerprint density at radius 1 is 0.919 bits per heavy atom. The van der Waals surface area contributed by atoms with Crippen molar-refractivity contribution < 1.29 is 5.11 Å². The molecule has 37 heavy (non-hydrogen) atoms. The van der Waals surface area contributed by atoms with Gasteiger partial charge >= 0.3 is 0 Å². The van der Waals surface area contributed by atoms with Crippen LogP contribution in [0.5, 0.6) is 0 Å². The second-order valence-electron chi connectivity index (χ2n) is 9.78. The number of piperazine rings is 1. The predicted molar refractivity (Wildman–Crippen MR) is 146 cm³/mol. The van der Waals surface area contributed by atoms with E-state index < -0.39 is 0 Å². The zero-order valence-corrected chi connectivity index (χ0v) is 21.0. The molecular formula is C29H31N7O. The van der Waals surface area contributed by atoms with Crippen molar-refractivity contribution in [2.45, 2.75) is 19.6 Å². The molecule has 2 N–H and O–H groups in total. The monoisotopic (exact) mass is 493 g/mol. The van der Waals surface area contributed by atoms with Gasteiger partial charge in [-0.05, 0) is 30.7 Å². The van der Waals surface area contributed by atoms with E-state index in [1.165, 1.54) is 5.56 Å². The minimum atomic E-state index is -0.291. The quantitative estimate of drug-likeness (QED) is 0.356. The number of anilines is 1. The van der Waals surface area contributed by atoms with E-state index in [4.69, 9.17) is 4.98 Å². The Morgan fingerprint density at radius 3 is 2.49 bits per heavy atom. The molecule has 1 saturated heterocycles. The molecule has 4 aromatic heterocycles. The van der Waals surface area contributed by atoms with E-state index in [1.54, 1.807) is 0 Å². The number of nitrogens with zero attached hydrogens (tertiary/aromatic N) is 6. The number of benzene rings is 1. The number of aromatic amines is 1. The highest BCUT2D eigenvalue weighted by molar-refractivity contribution is 5.95. The van der Waals surface area contributed by atoms with Crippen molar-refractivity contribution in [3.8, 4) is 22.3 Å². The van der Waals surface area contributed by atoms with Gasteiger partial charge in [-0.25, -0.2) is 9.97 Å². The number of aromatic nitrogens is 5. The van der Waals surface area contributed by atoms with Crippen LogP contribution in [0.2, 0.25) is 0 Å². The van der Waals surface area contributed by atoms with Gasteiger partial charge in [0, 0.05) is 85.2 Å². The summed E-state index contributed by atoms with van der Waals surface area (Å²) in [4.78, 5) is 17.4. The van der Waals surface area contributed by atoms with Crippen molar-refractivity contribution in [3.63, 3.8) is 0 Å². The highest BCUT2D eigenvalue weighted by atomic mass is 16.3. The number of nitrogens with one attached hydrogen (secondary N) is 1. The van der Waals surface area contributed by atoms with Crippen molar-refractivity contribution in [2.24, 2.45) is 0 Å². The normalized spacial score (nSPS) is 15.4. The summed E-state index contributed by atoms with van der Waals surface area (Å²) in [6.45, 7) is 7.01. The largest absolute Gasteiger partial charge is 0.392 e. The number of aliphatic hydroxyl groups excluding tert-OH is 1. The standard InChI is InChI=1S/C29H31N7O/c1-21(37)18-34-9-11-35(12-10-34)28-8-7-23(14-30-28)24-13-26-27(17-32-29(26)31-15-24)25-16-33-36(20-25)19-22-5-3-2-4-6-22/h2-8,13-17,20-21,37H,9-12,18-19H2,1H3,(H,31,32). The molecule has 8 nitrogen and oxygen atoms in total. The fourth-order valence-corrected chi connectivity index (χ4v) is 5.04. The van der Waals surface area contributed by atoms with Crippen LogP contribution in [0.3, 0.4) is 0 Å².